The normalized spacial score (nSPS) is 11.9. The highest BCUT2D eigenvalue weighted by molar-refractivity contribution is 5.85. The maximum atomic E-state index is 13.7. The van der Waals surface area contributed by atoms with Gasteiger partial charge in [0.2, 0.25) is 0 Å². The Labute approximate surface area is 188 Å². The van der Waals surface area contributed by atoms with Gasteiger partial charge in [0.15, 0.2) is 0 Å². The number of aromatic nitrogens is 5. The number of hydrogen-bond acceptors (Lipinski definition) is 7. The van der Waals surface area contributed by atoms with Crippen molar-refractivity contribution in [1.82, 2.24) is 25.0 Å². The molecule has 0 aliphatic rings. The molecule has 0 N–H and O–H groups in total. The number of nitrogens with zero attached hydrogens (tertiary/aromatic N) is 6. The Morgan fingerprint density at radius 1 is 1.18 bits per heavy atom. The fraction of sp³-hybridized carbons (Fsp3) is 0.381. The summed E-state index contributed by atoms with van der Waals surface area (Å²) in [4.78, 5) is 21.6. The molecule has 3 aromatic rings. The van der Waals surface area contributed by atoms with Gasteiger partial charge in [0, 0.05) is 20.2 Å². The van der Waals surface area contributed by atoms with Crippen LogP contribution in [0, 0.1) is 5.82 Å². The number of rotatable bonds is 6. The molecule has 0 radical (unpaired) electrons. The second-order valence-electron chi connectivity index (χ2n) is 8.23. The van der Waals surface area contributed by atoms with Gasteiger partial charge in [0.1, 0.15) is 29.5 Å². The number of alkyl halides is 2. The Hall–Kier alpha value is -3.70. The molecule has 12 heteroatoms. The van der Waals surface area contributed by atoms with Crippen LogP contribution in [-0.4, -0.2) is 43.7 Å². The molecule has 2 heterocycles. The number of amides is 1. The molecule has 3 rings (SSSR count). The third-order valence-corrected chi connectivity index (χ3v) is 4.21. The fourth-order valence-corrected chi connectivity index (χ4v) is 2.63. The highest BCUT2D eigenvalue weighted by Gasteiger charge is 2.28. The first kappa shape index (κ1) is 24.0. The zero-order valence-electron chi connectivity index (χ0n) is 18.7. The minimum atomic E-state index is -3.35. The first-order valence-corrected chi connectivity index (χ1v) is 9.85. The Kier molecular flexibility index (Phi) is 6.56. The van der Waals surface area contributed by atoms with E-state index in [0.29, 0.717) is 12.6 Å². The molecule has 9 nitrogen and oxygen atoms in total. The van der Waals surface area contributed by atoms with Gasteiger partial charge in [-0.05, 0) is 45.0 Å². The Morgan fingerprint density at radius 3 is 2.58 bits per heavy atom. The molecule has 0 aliphatic heterocycles. The van der Waals surface area contributed by atoms with Crippen molar-refractivity contribution in [3.8, 4) is 11.7 Å². The van der Waals surface area contributed by atoms with Crippen molar-refractivity contribution in [3.05, 3.63) is 53.7 Å². The van der Waals surface area contributed by atoms with Gasteiger partial charge in [-0.1, -0.05) is 5.21 Å². The van der Waals surface area contributed by atoms with Gasteiger partial charge < -0.3 is 9.47 Å². The summed E-state index contributed by atoms with van der Waals surface area (Å²) < 4.78 is 52.9. The van der Waals surface area contributed by atoms with E-state index in [-0.39, 0.29) is 24.1 Å². The first-order valence-electron chi connectivity index (χ1n) is 9.85. The molecule has 0 saturated carbocycles. The third kappa shape index (κ3) is 6.18. The summed E-state index contributed by atoms with van der Waals surface area (Å²) in [5.74, 6) is -4.10. The van der Waals surface area contributed by atoms with E-state index in [2.05, 4.69) is 20.3 Å². The summed E-state index contributed by atoms with van der Waals surface area (Å²) in [6.45, 7) is 5.78. The molecule has 0 saturated heterocycles. The Balaban J connectivity index is 1.69. The zero-order valence-corrected chi connectivity index (χ0v) is 18.7. The number of carbonyl (C=O) groups excluding carboxylic acids is 1. The van der Waals surface area contributed by atoms with E-state index < -0.39 is 29.0 Å². The highest BCUT2D eigenvalue weighted by Crippen LogP contribution is 2.30. The topological polar surface area (TPSA) is 95.3 Å². The lowest BCUT2D eigenvalue weighted by Crippen LogP contribution is -2.34. The average molecular weight is 464 g/mol. The molecule has 1 aromatic carbocycles. The average Bonchev–Trinajstić information content (AvgIpc) is 3.19. The number of halogens is 3. The maximum Gasteiger partial charge on any atom is 0.415 e. The molecule has 176 valence electrons. The van der Waals surface area contributed by atoms with E-state index in [1.807, 2.05) is 0 Å². The van der Waals surface area contributed by atoms with Crippen molar-refractivity contribution in [2.24, 2.45) is 0 Å². The van der Waals surface area contributed by atoms with Crippen molar-refractivity contribution >= 4 is 11.9 Å². The predicted octanol–water partition coefficient (Wildman–Crippen LogP) is 4.26. The minimum absolute atomic E-state index is 0.0212. The molecule has 1 amide bonds. The SMILES string of the molecule is CN(C(=O)OC(C)(C)C)c1ccnc(OCc2cn(-c3ccc(F)c(C(C)(F)F)c3)nn2)n1. The van der Waals surface area contributed by atoms with Gasteiger partial charge in [-0.25, -0.2) is 27.6 Å². The summed E-state index contributed by atoms with van der Waals surface area (Å²) in [5, 5.41) is 7.78. The summed E-state index contributed by atoms with van der Waals surface area (Å²) in [5.41, 5.74) is -0.850. The van der Waals surface area contributed by atoms with Gasteiger partial charge in [0.25, 0.3) is 5.92 Å². The molecule has 0 aliphatic carbocycles. The van der Waals surface area contributed by atoms with Gasteiger partial charge in [-0.2, -0.15) is 4.98 Å². The van der Waals surface area contributed by atoms with E-state index in [0.717, 1.165) is 12.1 Å². The quantitative estimate of drug-likeness (QED) is 0.538. The number of benzene rings is 1. The Morgan fingerprint density at radius 2 is 1.91 bits per heavy atom. The third-order valence-electron chi connectivity index (χ3n) is 4.21. The smallest absolute Gasteiger partial charge is 0.415 e. The van der Waals surface area contributed by atoms with Crippen LogP contribution < -0.4 is 9.64 Å². The first-order chi connectivity index (χ1) is 15.3. The number of carbonyl (C=O) groups is 1. The molecule has 0 fully saturated rings. The predicted molar refractivity (Wildman–Crippen MR) is 112 cm³/mol. The van der Waals surface area contributed by atoms with Gasteiger partial charge in [-0.3, -0.25) is 4.90 Å². The van der Waals surface area contributed by atoms with Crippen LogP contribution in [-0.2, 0) is 17.3 Å². The van der Waals surface area contributed by atoms with Crippen LogP contribution in [0.1, 0.15) is 39.0 Å². The van der Waals surface area contributed by atoms with Crippen molar-refractivity contribution in [2.45, 2.75) is 45.8 Å². The van der Waals surface area contributed by atoms with E-state index in [9.17, 15) is 18.0 Å². The number of hydrogen-bond donors (Lipinski definition) is 0. The molecule has 33 heavy (non-hydrogen) atoms. The second-order valence-corrected chi connectivity index (χ2v) is 8.23. The summed E-state index contributed by atoms with van der Waals surface area (Å²) >= 11 is 0. The fourth-order valence-electron chi connectivity index (χ4n) is 2.63. The summed E-state index contributed by atoms with van der Waals surface area (Å²) in [6.07, 6.45) is 2.27. The van der Waals surface area contributed by atoms with E-state index in [4.69, 9.17) is 9.47 Å². The van der Waals surface area contributed by atoms with Crippen molar-refractivity contribution in [2.75, 3.05) is 11.9 Å². The van der Waals surface area contributed by atoms with Crippen molar-refractivity contribution in [3.63, 3.8) is 0 Å². The highest BCUT2D eigenvalue weighted by atomic mass is 19.3. The van der Waals surface area contributed by atoms with Crippen LogP contribution in [0.3, 0.4) is 0 Å². The summed E-state index contributed by atoms with van der Waals surface area (Å²) in [6, 6.07) is 4.76. The lowest BCUT2D eigenvalue weighted by Gasteiger charge is -2.24. The molecular formula is C21H23F3N6O3. The van der Waals surface area contributed by atoms with Crippen LogP contribution in [0.15, 0.2) is 36.7 Å². The standard InChI is InChI=1S/C21H23F3N6O3/c1-20(2,3)33-19(31)29(5)17-8-9-25-18(26-17)32-12-13-11-30(28-27-13)14-6-7-16(22)15(10-14)21(4,23)24/h6-11H,12H2,1-5H3. The van der Waals surface area contributed by atoms with Crippen molar-refractivity contribution in [1.29, 1.82) is 0 Å². The molecule has 2 aromatic heterocycles. The van der Waals surface area contributed by atoms with Gasteiger partial charge in [-0.15, -0.1) is 5.10 Å². The largest absolute Gasteiger partial charge is 0.457 e. The Bertz CT molecular complexity index is 1140. The summed E-state index contributed by atoms with van der Waals surface area (Å²) in [7, 11) is 1.50. The molecule has 0 spiro atoms. The molecular weight excluding hydrogens is 441 g/mol. The van der Waals surface area contributed by atoms with Crippen LogP contribution in [0.4, 0.5) is 23.8 Å². The monoisotopic (exact) mass is 464 g/mol. The zero-order chi connectivity index (χ0) is 24.4. The van der Waals surface area contributed by atoms with Crippen molar-refractivity contribution < 1.29 is 27.4 Å². The van der Waals surface area contributed by atoms with Crippen LogP contribution in [0.2, 0.25) is 0 Å². The van der Waals surface area contributed by atoms with Gasteiger partial charge >= 0.3 is 12.1 Å². The minimum Gasteiger partial charge on any atom is -0.457 e. The van der Waals surface area contributed by atoms with Crippen LogP contribution in [0.5, 0.6) is 6.01 Å². The van der Waals surface area contributed by atoms with Crippen LogP contribution >= 0.6 is 0 Å². The number of anilines is 1. The lowest BCUT2D eigenvalue weighted by molar-refractivity contribution is 0.0137. The van der Waals surface area contributed by atoms with Crippen LogP contribution in [0.25, 0.3) is 5.69 Å². The second kappa shape index (κ2) is 9.04. The maximum absolute atomic E-state index is 13.7. The molecule has 0 unspecified atom stereocenters. The molecule has 0 bridgehead atoms. The van der Waals surface area contributed by atoms with Gasteiger partial charge in [0.05, 0.1) is 17.4 Å². The molecule has 0 atom stereocenters. The lowest BCUT2D eigenvalue weighted by atomic mass is 10.1. The number of ether oxygens (including phenoxy) is 2. The van der Waals surface area contributed by atoms with E-state index >= 15 is 0 Å². The van der Waals surface area contributed by atoms with E-state index in [1.165, 1.54) is 41.2 Å². The van der Waals surface area contributed by atoms with E-state index in [1.54, 1.807) is 20.8 Å².